The van der Waals surface area contributed by atoms with Crippen molar-refractivity contribution in [2.45, 2.75) is 0 Å². The largest absolute Gasteiger partial charge is 0.475 e. The molecule has 6 nitrogen and oxygen atoms in total. The lowest BCUT2D eigenvalue weighted by Crippen LogP contribution is -1.92. The fourth-order valence-corrected chi connectivity index (χ4v) is 1.45. The Labute approximate surface area is 89.1 Å². The molecule has 0 fully saturated rings. The zero-order valence-corrected chi connectivity index (χ0v) is 8.39. The molecule has 1 N–H and O–H groups in total. The lowest BCUT2D eigenvalue weighted by atomic mass is 10.3. The molecule has 0 amide bonds. The monoisotopic (exact) mass is 227 g/mol. The van der Waals surface area contributed by atoms with Gasteiger partial charge in [-0.25, -0.2) is 9.78 Å². The molecule has 78 valence electrons. The van der Waals surface area contributed by atoms with Crippen molar-refractivity contribution in [3.63, 3.8) is 0 Å². The third kappa shape index (κ3) is 1.59. The number of nitrogens with zero attached hydrogens (tertiary/aromatic N) is 3. The highest BCUT2D eigenvalue weighted by Crippen LogP contribution is 2.25. The van der Waals surface area contributed by atoms with Crippen molar-refractivity contribution < 1.29 is 14.4 Å². The Hall–Kier alpha value is -1.82. The molecule has 0 spiro atoms. The molecule has 0 unspecified atom stereocenters. The van der Waals surface area contributed by atoms with Crippen molar-refractivity contribution in [2.24, 2.45) is 7.05 Å². The van der Waals surface area contributed by atoms with E-state index in [0.29, 0.717) is 11.4 Å². The Kier molecular flexibility index (Phi) is 2.20. The lowest BCUT2D eigenvalue weighted by Gasteiger charge is -1.95. The first kappa shape index (κ1) is 9.72. The van der Waals surface area contributed by atoms with Gasteiger partial charge < -0.3 is 14.2 Å². The van der Waals surface area contributed by atoms with Gasteiger partial charge in [-0.15, -0.1) is 0 Å². The van der Waals surface area contributed by atoms with Crippen LogP contribution >= 0.6 is 11.6 Å². The summed E-state index contributed by atoms with van der Waals surface area (Å²) in [6.07, 6.45) is 1.51. The standard InChI is InChI=1S/C8H6ClN3O3/c1-12-3-10-7(9)6(12)4-2-5(8(13)14)15-11-4/h2-3H,1H3,(H,13,14). The number of aromatic carboxylic acids is 1. The molecule has 0 aliphatic carbocycles. The Bertz CT molecular complexity index is 497. The van der Waals surface area contributed by atoms with E-state index in [1.807, 2.05) is 0 Å². The maximum atomic E-state index is 10.6. The van der Waals surface area contributed by atoms with E-state index in [-0.39, 0.29) is 10.9 Å². The summed E-state index contributed by atoms with van der Waals surface area (Å²) < 4.78 is 6.24. The van der Waals surface area contributed by atoms with Gasteiger partial charge in [-0.2, -0.15) is 0 Å². The summed E-state index contributed by atoms with van der Waals surface area (Å²) in [5, 5.41) is 12.5. The van der Waals surface area contributed by atoms with Crippen LogP contribution in [0.4, 0.5) is 0 Å². The summed E-state index contributed by atoms with van der Waals surface area (Å²) in [5.74, 6) is -1.41. The van der Waals surface area contributed by atoms with Crippen LogP contribution in [-0.4, -0.2) is 25.8 Å². The van der Waals surface area contributed by atoms with Gasteiger partial charge in [0.1, 0.15) is 11.4 Å². The highest BCUT2D eigenvalue weighted by atomic mass is 35.5. The van der Waals surface area contributed by atoms with Gasteiger partial charge in [-0.1, -0.05) is 16.8 Å². The van der Waals surface area contributed by atoms with Gasteiger partial charge in [0.25, 0.3) is 0 Å². The number of rotatable bonds is 2. The van der Waals surface area contributed by atoms with Crippen LogP contribution in [0.15, 0.2) is 16.9 Å². The number of carbonyl (C=O) groups is 1. The summed E-state index contributed by atoms with van der Waals surface area (Å²) in [4.78, 5) is 14.4. The van der Waals surface area contributed by atoms with Crippen molar-refractivity contribution in [1.29, 1.82) is 0 Å². The minimum absolute atomic E-state index is 0.234. The van der Waals surface area contributed by atoms with E-state index in [4.69, 9.17) is 16.7 Å². The topological polar surface area (TPSA) is 81.2 Å². The van der Waals surface area contributed by atoms with Crippen LogP contribution in [0.1, 0.15) is 10.6 Å². The van der Waals surface area contributed by atoms with Crippen LogP contribution < -0.4 is 0 Å². The second kappa shape index (κ2) is 3.39. The van der Waals surface area contributed by atoms with Crippen LogP contribution in [0.2, 0.25) is 5.15 Å². The van der Waals surface area contributed by atoms with Gasteiger partial charge in [0.05, 0.1) is 6.33 Å². The van der Waals surface area contributed by atoms with Crippen molar-refractivity contribution >= 4 is 17.6 Å². The van der Waals surface area contributed by atoms with E-state index in [0.717, 1.165) is 0 Å². The van der Waals surface area contributed by atoms with E-state index in [9.17, 15) is 4.79 Å². The van der Waals surface area contributed by atoms with Gasteiger partial charge in [-0.3, -0.25) is 0 Å². The second-order valence-electron chi connectivity index (χ2n) is 2.88. The highest BCUT2D eigenvalue weighted by Gasteiger charge is 2.17. The first-order valence-electron chi connectivity index (χ1n) is 3.97. The number of imidazole rings is 1. The fraction of sp³-hybridized carbons (Fsp3) is 0.125. The fourth-order valence-electron chi connectivity index (χ4n) is 1.18. The average Bonchev–Trinajstić information content (AvgIpc) is 2.73. The SMILES string of the molecule is Cn1cnc(Cl)c1-c1cc(C(=O)O)on1. The minimum atomic E-state index is -1.17. The molecular formula is C8H6ClN3O3. The Morgan fingerprint density at radius 3 is 2.87 bits per heavy atom. The molecule has 2 aromatic heterocycles. The molecule has 15 heavy (non-hydrogen) atoms. The number of aryl methyl sites for hydroxylation is 1. The molecule has 0 bridgehead atoms. The van der Waals surface area contributed by atoms with Crippen LogP contribution in [-0.2, 0) is 7.05 Å². The number of hydrogen-bond acceptors (Lipinski definition) is 4. The summed E-state index contributed by atoms with van der Waals surface area (Å²) >= 11 is 5.81. The van der Waals surface area contributed by atoms with Crippen LogP contribution in [0, 0.1) is 0 Å². The summed E-state index contributed by atoms with van der Waals surface area (Å²) in [7, 11) is 1.73. The maximum absolute atomic E-state index is 10.6. The molecule has 2 heterocycles. The molecule has 2 rings (SSSR count). The van der Waals surface area contributed by atoms with E-state index < -0.39 is 5.97 Å². The van der Waals surface area contributed by atoms with Crippen LogP contribution in [0.25, 0.3) is 11.4 Å². The van der Waals surface area contributed by atoms with Gasteiger partial charge in [0.15, 0.2) is 5.15 Å². The van der Waals surface area contributed by atoms with Gasteiger partial charge >= 0.3 is 5.97 Å². The number of carboxylic acids is 1. The Morgan fingerprint density at radius 2 is 2.40 bits per heavy atom. The summed E-state index contributed by atoms with van der Waals surface area (Å²) in [6, 6.07) is 1.30. The Morgan fingerprint density at radius 1 is 1.67 bits per heavy atom. The first-order valence-corrected chi connectivity index (χ1v) is 4.34. The minimum Gasteiger partial charge on any atom is -0.475 e. The molecule has 2 aromatic rings. The summed E-state index contributed by atoms with van der Waals surface area (Å²) in [5.41, 5.74) is 0.866. The molecule has 0 saturated heterocycles. The van der Waals surface area contributed by atoms with Crippen LogP contribution in [0.5, 0.6) is 0 Å². The molecule has 0 aromatic carbocycles. The van der Waals surface area contributed by atoms with E-state index in [2.05, 4.69) is 14.7 Å². The second-order valence-corrected chi connectivity index (χ2v) is 3.23. The zero-order chi connectivity index (χ0) is 11.0. The normalized spacial score (nSPS) is 10.5. The van der Waals surface area contributed by atoms with Gasteiger partial charge in [0.2, 0.25) is 5.76 Å². The molecular weight excluding hydrogens is 222 g/mol. The molecule has 0 aliphatic rings. The third-order valence-corrected chi connectivity index (χ3v) is 2.13. The number of carboxylic acid groups (broad SMARTS) is 1. The average molecular weight is 228 g/mol. The predicted molar refractivity (Wildman–Crippen MR) is 50.7 cm³/mol. The van der Waals surface area contributed by atoms with E-state index in [1.54, 1.807) is 11.6 Å². The predicted octanol–water partition coefficient (Wildman–Crippen LogP) is 1.43. The van der Waals surface area contributed by atoms with E-state index >= 15 is 0 Å². The highest BCUT2D eigenvalue weighted by molar-refractivity contribution is 6.31. The number of aromatic nitrogens is 3. The number of halogens is 1. The lowest BCUT2D eigenvalue weighted by molar-refractivity contribution is 0.0652. The zero-order valence-electron chi connectivity index (χ0n) is 7.64. The van der Waals surface area contributed by atoms with Crippen molar-refractivity contribution in [2.75, 3.05) is 0 Å². The van der Waals surface area contributed by atoms with Gasteiger partial charge in [-0.05, 0) is 0 Å². The molecule has 0 atom stereocenters. The van der Waals surface area contributed by atoms with Crippen LogP contribution in [0.3, 0.4) is 0 Å². The number of hydrogen-bond donors (Lipinski definition) is 1. The Balaban J connectivity index is 2.50. The first-order chi connectivity index (χ1) is 7.09. The van der Waals surface area contributed by atoms with E-state index in [1.165, 1.54) is 12.4 Å². The molecule has 0 radical (unpaired) electrons. The summed E-state index contributed by atoms with van der Waals surface area (Å²) in [6.45, 7) is 0. The smallest absolute Gasteiger partial charge is 0.374 e. The third-order valence-electron chi connectivity index (χ3n) is 1.86. The quantitative estimate of drug-likeness (QED) is 0.839. The van der Waals surface area contributed by atoms with Gasteiger partial charge in [0, 0.05) is 13.1 Å². The van der Waals surface area contributed by atoms with Crippen molar-refractivity contribution in [3.8, 4) is 11.4 Å². The molecule has 7 heteroatoms. The molecule has 0 saturated carbocycles. The maximum Gasteiger partial charge on any atom is 0.374 e. The molecule has 0 aliphatic heterocycles. The van der Waals surface area contributed by atoms with Crippen molar-refractivity contribution in [3.05, 3.63) is 23.3 Å². The van der Waals surface area contributed by atoms with Crippen molar-refractivity contribution in [1.82, 2.24) is 14.7 Å².